The average Bonchev–Trinajstić information content (AvgIpc) is 3.44. The van der Waals surface area contributed by atoms with Gasteiger partial charge >= 0.3 is 6.18 Å². The van der Waals surface area contributed by atoms with Crippen molar-refractivity contribution < 1.29 is 26.5 Å². The van der Waals surface area contributed by atoms with Crippen LogP contribution in [0.5, 0.6) is 0 Å². The number of anilines is 1. The summed E-state index contributed by atoms with van der Waals surface area (Å²) in [6.45, 7) is 2.77. The molecule has 12 heteroatoms. The molecule has 1 saturated heterocycles. The predicted octanol–water partition coefficient (Wildman–Crippen LogP) is 5.74. The van der Waals surface area contributed by atoms with Crippen LogP contribution in [0.4, 0.5) is 27.6 Å². The second-order valence-corrected chi connectivity index (χ2v) is 10.6. The number of hydrogen-bond donors (Lipinski definition) is 0. The smallest absolute Gasteiger partial charge is 0.367 e. The number of rotatable bonds is 6. The Labute approximate surface area is 242 Å². The number of aromatic nitrogens is 3. The fourth-order valence-electron chi connectivity index (χ4n) is 5.19. The highest BCUT2D eigenvalue weighted by Crippen LogP contribution is 2.31. The number of pyridine rings is 1. The largest absolute Gasteiger partial charge is 0.416 e. The highest BCUT2D eigenvalue weighted by molar-refractivity contribution is 5.86. The van der Waals surface area contributed by atoms with Crippen molar-refractivity contribution in [3.8, 4) is 11.4 Å². The first-order valence-electron chi connectivity index (χ1n) is 13.6. The summed E-state index contributed by atoms with van der Waals surface area (Å²) in [5.41, 5.74) is 0.764. The number of hydrogen-bond acceptors (Lipinski definition) is 6. The van der Waals surface area contributed by atoms with Crippen LogP contribution in [0.2, 0.25) is 0 Å². The van der Waals surface area contributed by atoms with Gasteiger partial charge in [-0.2, -0.15) is 18.2 Å². The van der Waals surface area contributed by atoms with Gasteiger partial charge in [-0.3, -0.25) is 4.79 Å². The van der Waals surface area contributed by atoms with Gasteiger partial charge in [0.25, 0.3) is 0 Å². The fourth-order valence-corrected chi connectivity index (χ4v) is 5.19. The van der Waals surface area contributed by atoms with Crippen molar-refractivity contribution in [2.75, 3.05) is 38.1 Å². The normalized spacial score (nSPS) is 14.5. The number of nitrogens with zero attached hydrogens (tertiary/aromatic N) is 5. The van der Waals surface area contributed by atoms with Crippen LogP contribution in [0.15, 0.2) is 76.2 Å². The number of likely N-dealkylation sites (N-methyl/N-ethyl adjacent to an activating group) is 1. The molecule has 0 spiro atoms. The van der Waals surface area contributed by atoms with E-state index in [0.29, 0.717) is 35.4 Å². The predicted molar refractivity (Wildman–Crippen MR) is 151 cm³/mol. The van der Waals surface area contributed by atoms with Gasteiger partial charge < -0.3 is 18.9 Å². The molecule has 0 atom stereocenters. The van der Waals surface area contributed by atoms with Crippen molar-refractivity contribution in [1.29, 1.82) is 0 Å². The van der Waals surface area contributed by atoms with Crippen molar-refractivity contribution in [1.82, 2.24) is 19.6 Å². The first-order valence-corrected chi connectivity index (χ1v) is 13.6. The van der Waals surface area contributed by atoms with E-state index in [1.54, 1.807) is 22.8 Å². The van der Waals surface area contributed by atoms with Crippen LogP contribution < -0.4 is 10.3 Å². The molecule has 7 nitrogen and oxygen atoms in total. The van der Waals surface area contributed by atoms with Crippen molar-refractivity contribution in [2.45, 2.75) is 19.1 Å². The minimum Gasteiger partial charge on any atom is -0.367 e. The molecule has 0 aliphatic carbocycles. The Hall–Kier alpha value is -4.58. The highest BCUT2D eigenvalue weighted by atomic mass is 19.4. The maximum absolute atomic E-state index is 15.5. The number of halogens is 5. The maximum Gasteiger partial charge on any atom is 0.416 e. The molecule has 0 saturated carbocycles. The molecule has 3 aromatic carbocycles. The summed E-state index contributed by atoms with van der Waals surface area (Å²) >= 11 is 0. The molecule has 0 amide bonds. The second kappa shape index (κ2) is 11.3. The summed E-state index contributed by atoms with van der Waals surface area (Å²) in [5.74, 6) is -0.777. The van der Waals surface area contributed by atoms with Crippen molar-refractivity contribution in [3.05, 3.63) is 111 Å². The molecule has 1 aliphatic rings. The van der Waals surface area contributed by atoms with Gasteiger partial charge in [-0.25, -0.2) is 8.78 Å². The Kier molecular flexibility index (Phi) is 7.47. The van der Waals surface area contributed by atoms with Gasteiger partial charge in [0.1, 0.15) is 11.6 Å². The van der Waals surface area contributed by atoms with E-state index < -0.39 is 23.0 Å². The molecule has 0 unspecified atom stereocenters. The Morgan fingerprint density at radius 3 is 2.26 bits per heavy atom. The molecule has 0 bridgehead atoms. The van der Waals surface area contributed by atoms with Gasteiger partial charge in [-0.15, -0.1) is 0 Å². The van der Waals surface area contributed by atoms with Crippen molar-refractivity contribution in [3.63, 3.8) is 0 Å². The molecule has 222 valence electrons. The Morgan fingerprint density at radius 2 is 1.58 bits per heavy atom. The molecule has 5 aromatic rings. The van der Waals surface area contributed by atoms with Gasteiger partial charge in [-0.05, 0) is 54.6 Å². The minimum atomic E-state index is -4.48. The van der Waals surface area contributed by atoms with Crippen LogP contribution in [0.25, 0.3) is 22.3 Å². The second-order valence-electron chi connectivity index (χ2n) is 10.6. The molecule has 0 N–H and O–H groups in total. The fraction of sp³-hybridized carbons (Fsp3) is 0.258. The third-order valence-corrected chi connectivity index (χ3v) is 7.60. The van der Waals surface area contributed by atoms with Crippen LogP contribution >= 0.6 is 0 Å². The molecule has 43 heavy (non-hydrogen) atoms. The van der Waals surface area contributed by atoms with E-state index in [1.807, 2.05) is 11.9 Å². The van der Waals surface area contributed by atoms with Crippen LogP contribution in [0.3, 0.4) is 0 Å². The van der Waals surface area contributed by atoms with Gasteiger partial charge in [-0.1, -0.05) is 29.4 Å². The summed E-state index contributed by atoms with van der Waals surface area (Å²) in [6.07, 6.45) is -2.76. The minimum absolute atomic E-state index is 0.0197. The standard InChI is InChI=1S/C31H26F5N5O2/c1-39-10-12-40(13-11-39)27-16-26-23(15-25(27)33)29(42)24(18-41(26)17-20-2-6-21(7-3-20)31(34,35)36)30-37-28(43-38-30)14-19-4-8-22(32)9-5-19/h2-9,15-16,18H,10-14,17H2,1H3. The Bertz CT molecular complexity index is 1820. The molecule has 3 heterocycles. The molecule has 0 radical (unpaired) electrons. The van der Waals surface area contributed by atoms with E-state index in [4.69, 9.17) is 4.52 Å². The number of piperazine rings is 1. The average molecular weight is 596 g/mol. The lowest BCUT2D eigenvalue weighted by Gasteiger charge is -2.34. The number of benzene rings is 3. The SMILES string of the molecule is CN1CCN(c2cc3c(cc2F)c(=O)c(-c2noc(Cc4ccc(F)cc4)n2)cn3Cc2ccc(C(F)(F)F)cc2)CC1. The van der Waals surface area contributed by atoms with E-state index in [0.717, 1.165) is 25.2 Å². The zero-order valence-corrected chi connectivity index (χ0v) is 23.0. The third kappa shape index (κ3) is 6.00. The third-order valence-electron chi connectivity index (χ3n) is 7.60. The zero-order valence-electron chi connectivity index (χ0n) is 23.0. The summed E-state index contributed by atoms with van der Waals surface area (Å²) in [7, 11) is 1.99. The number of alkyl halides is 3. The summed E-state index contributed by atoms with van der Waals surface area (Å²) in [6, 6.07) is 13.3. The van der Waals surface area contributed by atoms with Crippen LogP contribution in [-0.2, 0) is 19.1 Å². The van der Waals surface area contributed by atoms with Crippen LogP contribution in [0, 0.1) is 11.6 Å². The summed E-state index contributed by atoms with van der Waals surface area (Å²) in [5, 5.41) is 4.04. The molecular formula is C31H26F5N5O2. The van der Waals surface area contributed by atoms with Gasteiger partial charge in [0.05, 0.1) is 28.8 Å². The monoisotopic (exact) mass is 595 g/mol. The van der Waals surface area contributed by atoms with Crippen molar-refractivity contribution in [2.24, 2.45) is 0 Å². The number of fused-ring (bicyclic) bond motifs is 1. The Balaban J connectivity index is 1.43. The Morgan fingerprint density at radius 1 is 0.907 bits per heavy atom. The lowest BCUT2D eigenvalue weighted by molar-refractivity contribution is -0.137. The van der Waals surface area contributed by atoms with Gasteiger partial charge in [0.15, 0.2) is 0 Å². The maximum atomic E-state index is 15.5. The molecular weight excluding hydrogens is 569 g/mol. The summed E-state index contributed by atoms with van der Waals surface area (Å²) in [4.78, 5) is 22.1. The first-order chi connectivity index (χ1) is 20.5. The molecule has 1 fully saturated rings. The van der Waals surface area contributed by atoms with E-state index >= 15 is 4.39 Å². The van der Waals surface area contributed by atoms with E-state index in [9.17, 15) is 22.4 Å². The highest BCUT2D eigenvalue weighted by Gasteiger charge is 2.30. The lowest BCUT2D eigenvalue weighted by Crippen LogP contribution is -2.44. The van der Waals surface area contributed by atoms with Crippen molar-refractivity contribution >= 4 is 16.6 Å². The lowest BCUT2D eigenvalue weighted by atomic mass is 10.1. The molecule has 2 aromatic heterocycles. The summed E-state index contributed by atoms with van der Waals surface area (Å²) < 4.78 is 75.3. The topological polar surface area (TPSA) is 67.4 Å². The van der Waals surface area contributed by atoms with E-state index in [2.05, 4.69) is 15.0 Å². The first kappa shape index (κ1) is 28.5. The zero-order chi connectivity index (χ0) is 30.3. The van der Waals surface area contributed by atoms with Crippen LogP contribution in [-0.4, -0.2) is 52.8 Å². The molecule has 6 rings (SSSR count). The quantitative estimate of drug-likeness (QED) is 0.234. The molecule has 1 aliphatic heterocycles. The van der Waals surface area contributed by atoms with E-state index in [1.165, 1.54) is 36.5 Å². The van der Waals surface area contributed by atoms with E-state index in [-0.39, 0.29) is 41.4 Å². The van der Waals surface area contributed by atoms with Gasteiger partial charge in [0, 0.05) is 44.3 Å². The van der Waals surface area contributed by atoms with Crippen LogP contribution in [0.1, 0.15) is 22.6 Å². The van der Waals surface area contributed by atoms with Gasteiger partial charge in [0.2, 0.25) is 17.1 Å².